The first kappa shape index (κ1) is 13.7. The van der Waals surface area contributed by atoms with Crippen LogP contribution < -0.4 is 10.6 Å². The average molecular weight is 258 g/mol. The van der Waals surface area contributed by atoms with Crippen molar-refractivity contribution in [3.8, 4) is 6.07 Å². The molecule has 2 N–H and O–H groups in total. The van der Waals surface area contributed by atoms with E-state index >= 15 is 0 Å². The number of nitrogens with zero attached hydrogens (tertiary/aromatic N) is 3. The lowest BCUT2D eigenvalue weighted by Crippen LogP contribution is -2.46. The van der Waals surface area contributed by atoms with Crippen molar-refractivity contribution in [1.29, 1.82) is 5.26 Å². The van der Waals surface area contributed by atoms with Gasteiger partial charge in [0, 0.05) is 44.0 Å². The summed E-state index contributed by atoms with van der Waals surface area (Å²) in [4.78, 5) is 4.90. The van der Waals surface area contributed by atoms with Gasteiger partial charge in [0.05, 0.1) is 6.07 Å². The van der Waals surface area contributed by atoms with E-state index < -0.39 is 0 Å². The number of nitrogens with two attached hydrogens (primary N) is 1. The van der Waals surface area contributed by atoms with Crippen molar-refractivity contribution < 1.29 is 0 Å². The molecule has 1 aromatic rings. The molecule has 4 nitrogen and oxygen atoms in total. The molecule has 1 aliphatic heterocycles. The summed E-state index contributed by atoms with van der Waals surface area (Å²) >= 11 is 0. The number of benzene rings is 1. The zero-order valence-corrected chi connectivity index (χ0v) is 11.4. The number of unbranched alkanes of at least 4 members (excludes halogenated alkanes) is 2. The van der Waals surface area contributed by atoms with Gasteiger partial charge >= 0.3 is 0 Å². The Labute approximate surface area is 115 Å². The summed E-state index contributed by atoms with van der Waals surface area (Å²) in [5.41, 5.74) is 7.79. The molecular formula is C15H22N4. The number of nitrogen functional groups attached to an aromatic ring is 1. The summed E-state index contributed by atoms with van der Waals surface area (Å²) in [5, 5.41) is 8.50. The number of rotatable bonds is 5. The monoisotopic (exact) mass is 258 g/mol. The zero-order chi connectivity index (χ0) is 13.5. The van der Waals surface area contributed by atoms with E-state index in [1.165, 1.54) is 5.69 Å². The summed E-state index contributed by atoms with van der Waals surface area (Å²) < 4.78 is 0. The standard InChI is InChI=1S/C15H22N4/c16-8-2-1-3-9-18-10-12-19(13-11-18)15-6-4-14(17)5-7-15/h4-7H,1-3,9-13,17H2. The average Bonchev–Trinajstić information content (AvgIpc) is 2.45. The molecule has 1 aromatic carbocycles. The minimum atomic E-state index is 0.686. The van der Waals surface area contributed by atoms with Gasteiger partial charge in [0.1, 0.15) is 0 Å². The van der Waals surface area contributed by atoms with Gasteiger partial charge in [0.2, 0.25) is 0 Å². The third kappa shape index (κ3) is 4.15. The van der Waals surface area contributed by atoms with Crippen LogP contribution in [-0.2, 0) is 0 Å². The van der Waals surface area contributed by atoms with Crippen LogP contribution in [0.2, 0.25) is 0 Å². The second-order valence-corrected chi connectivity index (χ2v) is 5.04. The fraction of sp³-hybridized carbons (Fsp3) is 0.533. The highest BCUT2D eigenvalue weighted by Crippen LogP contribution is 2.18. The molecular weight excluding hydrogens is 236 g/mol. The molecule has 0 unspecified atom stereocenters. The second-order valence-electron chi connectivity index (χ2n) is 5.04. The Morgan fingerprint density at radius 3 is 2.37 bits per heavy atom. The number of nitriles is 1. The largest absolute Gasteiger partial charge is 0.399 e. The lowest BCUT2D eigenvalue weighted by Gasteiger charge is -2.36. The van der Waals surface area contributed by atoms with Crippen molar-refractivity contribution in [2.75, 3.05) is 43.4 Å². The first-order chi connectivity index (χ1) is 9.29. The maximum Gasteiger partial charge on any atom is 0.0621 e. The highest BCUT2D eigenvalue weighted by atomic mass is 15.3. The van der Waals surface area contributed by atoms with E-state index in [9.17, 15) is 0 Å². The van der Waals surface area contributed by atoms with Crippen LogP contribution in [-0.4, -0.2) is 37.6 Å². The minimum Gasteiger partial charge on any atom is -0.399 e. The molecule has 0 atom stereocenters. The van der Waals surface area contributed by atoms with Crippen LogP contribution in [0.3, 0.4) is 0 Å². The third-order valence-electron chi connectivity index (χ3n) is 3.64. The summed E-state index contributed by atoms with van der Waals surface area (Å²) in [5.74, 6) is 0. The van der Waals surface area contributed by atoms with Gasteiger partial charge in [-0.2, -0.15) is 5.26 Å². The molecule has 0 aliphatic carbocycles. The van der Waals surface area contributed by atoms with Crippen molar-refractivity contribution in [1.82, 2.24) is 4.90 Å². The molecule has 0 aromatic heterocycles. The summed E-state index contributed by atoms with van der Waals surface area (Å²) in [7, 11) is 0. The quantitative estimate of drug-likeness (QED) is 0.649. The maximum atomic E-state index is 8.50. The molecule has 102 valence electrons. The molecule has 1 saturated heterocycles. The first-order valence-electron chi connectivity index (χ1n) is 6.99. The normalized spacial score (nSPS) is 16.3. The smallest absolute Gasteiger partial charge is 0.0621 e. The Kier molecular flexibility index (Phi) is 5.05. The molecule has 2 rings (SSSR count). The number of piperazine rings is 1. The summed E-state index contributed by atoms with van der Waals surface area (Å²) in [6.45, 7) is 5.48. The van der Waals surface area contributed by atoms with Gasteiger partial charge in [-0.1, -0.05) is 0 Å². The van der Waals surface area contributed by atoms with E-state index in [1.54, 1.807) is 0 Å². The van der Waals surface area contributed by atoms with E-state index in [0.717, 1.165) is 51.3 Å². The van der Waals surface area contributed by atoms with Crippen molar-refractivity contribution in [2.24, 2.45) is 0 Å². The summed E-state index contributed by atoms with van der Waals surface area (Å²) in [6.07, 6.45) is 2.84. The van der Waals surface area contributed by atoms with Gasteiger partial charge in [-0.3, -0.25) is 4.90 Å². The van der Waals surface area contributed by atoms with Crippen LogP contribution in [0.4, 0.5) is 11.4 Å². The van der Waals surface area contributed by atoms with E-state index in [0.29, 0.717) is 6.42 Å². The highest BCUT2D eigenvalue weighted by Gasteiger charge is 2.16. The number of anilines is 2. The van der Waals surface area contributed by atoms with E-state index in [4.69, 9.17) is 11.0 Å². The molecule has 0 radical (unpaired) electrons. The molecule has 4 heteroatoms. The maximum absolute atomic E-state index is 8.50. The lowest BCUT2D eigenvalue weighted by molar-refractivity contribution is 0.253. The molecule has 1 heterocycles. The van der Waals surface area contributed by atoms with Gasteiger partial charge in [0.25, 0.3) is 0 Å². The predicted molar refractivity (Wildman–Crippen MR) is 79.0 cm³/mol. The van der Waals surface area contributed by atoms with Crippen LogP contribution in [0.1, 0.15) is 19.3 Å². The van der Waals surface area contributed by atoms with Crippen molar-refractivity contribution >= 4 is 11.4 Å². The first-order valence-corrected chi connectivity index (χ1v) is 6.99. The van der Waals surface area contributed by atoms with E-state index in [1.807, 2.05) is 12.1 Å². The highest BCUT2D eigenvalue weighted by molar-refractivity contribution is 5.53. The SMILES string of the molecule is N#CCCCCN1CCN(c2ccc(N)cc2)CC1. The second kappa shape index (κ2) is 7.01. The molecule has 0 amide bonds. The minimum absolute atomic E-state index is 0.686. The molecule has 0 bridgehead atoms. The van der Waals surface area contributed by atoms with E-state index in [2.05, 4.69) is 28.0 Å². The fourth-order valence-corrected chi connectivity index (χ4v) is 2.45. The molecule has 0 saturated carbocycles. The zero-order valence-electron chi connectivity index (χ0n) is 11.4. The Balaban J connectivity index is 1.73. The summed E-state index contributed by atoms with van der Waals surface area (Å²) in [6, 6.07) is 10.3. The van der Waals surface area contributed by atoms with Gasteiger partial charge in [-0.05, 0) is 43.7 Å². The van der Waals surface area contributed by atoms with Crippen LogP contribution in [0, 0.1) is 11.3 Å². The topological polar surface area (TPSA) is 56.3 Å². The molecule has 0 spiro atoms. The van der Waals surface area contributed by atoms with Crippen molar-refractivity contribution in [2.45, 2.75) is 19.3 Å². The Morgan fingerprint density at radius 1 is 1.05 bits per heavy atom. The molecule has 19 heavy (non-hydrogen) atoms. The lowest BCUT2D eigenvalue weighted by atomic mass is 10.2. The predicted octanol–water partition coefficient (Wildman–Crippen LogP) is 2.08. The van der Waals surface area contributed by atoms with Crippen LogP contribution in [0.5, 0.6) is 0 Å². The number of hydrogen-bond donors (Lipinski definition) is 1. The van der Waals surface area contributed by atoms with Gasteiger partial charge in [0.15, 0.2) is 0 Å². The molecule has 1 fully saturated rings. The van der Waals surface area contributed by atoms with Crippen molar-refractivity contribution in [3.05, 3.63) is 24.3 Å². The Bertz CT molecular complexity index is 413. The third-order valence-corrected chi connectivity index (χ3v) is 3.64. The van der Waals surface area contributed by atoms with Crippen LogP contribution in [0.15, 0.2) is 24.3 Å². The van der Waals surface area contributed by atoms with Crippen LogP contribution >= 0.6 is 0 Å². The van der Waals surface area contributed by atoms with E-state index in [-0.39, 0.29) is 0 Å². The fourth-order valence-electron chi connectivity index (χ4n) is 2.45. The van der Waals surface area contributed by atoms with Gasteiger partial charge in [-0.25, -0.2) is 0 Å². The van der Waals surface area contributed by atoms with Crippen LogP contribution in [0.25, 0.3) is 0 Å². The molecule has 1 aliphatic rings. The van der Waals surface area contributed by atoms with Gasteiger partial charge in [-0.15, -0.1) is 0 Å². The van der Waals surface area contributed by atoms with Crippen molar-refractivity contribution in [3.63, 3.8) is 0 Å². The van der Waals surface area contributed by atoms with Gasteiger partial charge < -0.3 is 10.6 Å². The Morgan fingerprint density at radius 2 is 1.74 bits per heavy atom. The number of hydrogen-bond acceptors (Lipinski definition) is 4. The Hall–Kier alpha value is -1.73.